The number of fused-ring (bicyclic) bond motifs is 1. The molecule has 2 heterocycles. The van der Waals surface area contributed by atoms with Crippen LogP contribution in [0.3, 0.4) is 0 Å². The third-order valence-corrected chi connectivity index (χ3v) is 4.25. The molecule has 7 heteroatoms. The van der Waals surface area contributed by atoms with Gasteiger partial charge in [0.05, 0.1) is 20.8 Å². The Kier molecular flexibility index (Phi) is 4.27. The summed E-state index contributed by atoms with van der Waals surface area (Å²) in [5.41, 5.74) is 2.17. The molecule has 0 N–H and O–H groups in total. The molecule has 0 saturated carbocycles. The van der Waals surface area contributed by atoms with E-state index in [1.54, 1.807) is 18.3 Å². The van der Waals surface area contributed by atoms with Gasteiger partial charge >= 0.3 is 0 Å². The molecule has 0 atom stereocenters. The first-order valence-corrected chi connectivity index (χ1v) is 7.82. The maximum absolute atomic E-state index is 6.31. The van der Waals surface area contributed by atoms with Gasteiger partial charge in [-0.3, -0.25) is 4.57 Å². The van der Waals surface area contributed by atoms with Crippen molar-refractivity contribution in [2.75, 3.05) is 5.88 Å². The van der Waals surface area contributed by atoms with Gasteiger partial charge in [-0.05, 0) is 24.3 Å². The largest absolute Gasteiger partial charge is 0.279 e. The topological polar surface area (TPSA) is 30.7 Å². The fourth-order valence-electron chi connectivity index (χ4n) is 2.15. The van der Waals surface area contributed by atoms with Crippen LogP contribution in [0.15, 0.2) is 30.5 Å². The van der Waals surface area contributed by atoms with Gasteiger partial charge in [-0.1, -0.05) is 34.8 Å². The lowest BCUT2D eigenvalue weighted by molar-refractivity contribution is 0.905. The monoisotopic (exact) mass is 359 g/mol. The minimum atomic E-state index is 0.404. The molecule has 0 amide bonds. The summed E-state index contributed by atoms with van der Waals surface area (Å²) < 4.78 is 1.86. The van der Waals surface area contributed by atoms with Crippen molar-refractivity contribution in [1.82, 2.24) is 14.5 Å². The van der Waals surface area contributed by atoms with Crippen LogP contribution in [0.5, 0.6) is 0 Å². The summed E-state index contributed by atoms with van der Waals surface area (Å²) in [6.45, 7) is 0. The molecule has 0 saturated heterocycles. The summed E-state index contributed by atoms with van der Waals surface area (Å²) in [6.07, 6.45) is 2.30. The Balaban J connectivity index is 2.32. The molecular weight excluding hydrogens is 352 g/mol. The maximum atomic E-state index is 6.31. The first kappa shape index (κ1) is 14.9. The summed E-state index contributed by atoms with van der Waals surface area (Å²) in [4.78, 5) is 8.93. The molecule has 0 aliphatic carbocycles. The maximum Gasteiger partial charge on any atom is 0.164 e. The second-order valence-corrected chi connectivity index (χ2v) is 5.97. The predicted molar refractivity (Wildman–Crippen MR) is 88.3 cm³/mol. The number of rotatable bonds is 3. The molecule has 0 spiro atoms. The normalized spacial score (nSPS) is 11.2. The number of aryl methyl sites for hydroxylation is 1. The van der Waals surface area contributed by atoms with Gasteiger partial charge in [-0.15, -0.1) is 11.6 Å². The highest BCUT2D eigenvalue weighted by molar-refractivity contribution is 6.43. The highest BCUT2D eigenvalue weighted by Gasteiger charge is 2.16. The Labute approximate surface area is 141 Å². The molecule has 0 unspecified atom stereocenters. The lowest BCUT2D eigenvalue weighted by atomic mass is 10.3. The van der Waals surface area contributed by atoms with Crippen molar-refractivity contribution in [1.29, 1.82) is 0 Å². The lowest BCUT2D eigenvalue weighted by Gasteiger charge is -2.11. The van der Waals surface area contributed by atoms with Crippen molar-refractivity contribution in [3.05, 3.63) is 51.4 Å². The Morgan fingerprint density at radius 3 is 2.57 bits per heavy atom. The standard InChI is InChI=1S/C14H9Cl4N3/c15-4-3-13-20-11-2-1-5-19-14(11)21(13)12-7-9(17)8(16)6-10(12)18/h1-2,5-7H,3-4H2. The van der Waals surface area contributed by atoms with Gasteiger partial charge in [0.2, 0.25) is 0 Å². The second-order valence-electron chi connectivity index (χ2n) is 4.37. The van der Waals surface area contributed by atoms with Gasteiger partial charge in [-0.2, -0.15) is 0 Å². The second kappa shape index (κ2) is 6.01. The van der Waals surface area contributed by atoms with Crippen LogP contribution < -0.4 is 0 Å². The molecule has 21 heavy (non-hydrogen) atoms. The van der Waals surface area contributed by atoms with Crippen molar-refractivity contribution < 1.29 is 0 Å². The lowest BCUT2D eigenvalue weighted by Crippen LogP contribution is -2.04. The van der Waals surface area contributed by atoms with Gasteiger partial charge in [0.15, 0.2) is 5.65 Å². The van der Waals surface area contributed by atoms with Crippen LogP contribution in [0, 0.1) is 0 Å². The number of hydrogen-bond acceptors (Lipinski definition) is 2. The van der Waals surface area contributed by atoms with Crippen molar-refractivity contribution in [2.45, 2.75) is 6.42 Å². The molecule has 1 aromatic carbocycles. The molecule has 0 fully saturated rings. The van der Waals surface area contributed by atoms with E-state index in [9.17, 15) is 0 Å². The zero-order valence-corrected chi connectivity index (χ0v) is 13.7. The van der Waals surface area contributed by atoms with Crippen LogP contribution >= 0.6 is 46.4 Å². The van der Waals surface area contributed by atoms with Gasteiger partial charge in [0.25, 0.3) is 0 Å². The van der Waals surface area contributed by atoms with Crippen LogP contribution in [0.4, 0.5) is 0 Å². The Bertz CT molecular complexity index is 813. The first-order chi connectivity index (χ1) is 10.1. The van der Waals surface area contributed by atoms with E-state index in [1.165, 1.54) is 0 Å². The first-order valence-electron chi connectivity index (χ1n) is 6.15. The highest BCUT2D eigenvalue weighted by atomic mass is 35.5. The summed E-state index contributed by atoms with van der Waals surface area (Å²) in [5, 5.41) is 1.30. The van der Waals surface area contributed by atoms with Crippen molar-refractivity contribution in [3.63, 3.8) is 0 Å². The molecule has 0 bridgehead atoms. The number of benzene rings is 1. The minimum absolute atomic E-state index is 0.404. The van der Waals surface area contributed by atoms with Crippen LogP contribution in [-0.2, 0) is 6.42 Å². The number of alkyl halides is 1. The molecule has 3 nitrogen and oxygen atoms in total. The third kappa shape index (κ3) is 2.71. The molecule has 0 aliphatic rings. The van der Waals surface area contributed by atoms with Crippen LogP contribution in [0.1, 0.15) is 5.82 Å². The van der Waals surface area contributed by atoms with E-state index in [1.807, 2.05) is 16.7 Å². The van der Waals surface area contributed by atoms with Gasteiger partial charge in [-0.25, -0.2) is 9.97 Å². The molecule has 3 aromatic rings. The van der Waals surface area contributed by atoms with Crippen molar-refractivity contribution >= 4 is 57.6 Å². The fourth-order valence-corrected chi connectivity index (χ4v) is 2.94. The molecule has 108 valence electrons. The smallest absolute Gasteiger partial charge is 0.164 e. The number of nitrogens with zero attached hydrogens (tertiary/aromatic N) is 3. The fraction of sp³-hybridized carbons (Fsp3) is 0.143. The number of aromatic nitrogens is 3. The number of halogens is 4. The minimum Gasteiger partial charge on any atom is -0.279 e. The average Bonchev–Trinajstić information content (AvgIpc) is 2.81. The Morgan fingerprint density at radius 1 is 1.05 bits per heavy atom. The predicted octanol–water partition coefficient (Wildman–Crippen LogP) is 5.16. The third-order valence-electron chi connectivity index (χ3n) is 3.03. The number of imidazole rings is 1. The van der Waals surface area contributed by atoms with Gasteiger partial charge < -0.3 is 0 Å². The summed E-state index contributed by atoms with van der Waals surface area (Å²) in [7, 11) is 0. The number of pyridine rings is 1. The molecule has 0 aliphatic heterocycles. The Hall–Kier alpha value is -1.000. The highest BCUT2D eigenvalue weighted by Crippen LogP contribution is 2.33. The zero-order valence-electron chi connectivity index (χ0n) is 10.7. The summed E-state index contributed by atoms with van der Waals surface area (Å²) in [6, 6.07) is 7.04. The zero-order chi connectivity index (χ0) is 15.0. The molecule has 0 radical (unpaired) electrons. The van der Waals surface area contributed by atoms with Crippen LogP contribution in [0.2, 0.25) is 15.1 Å². The van der Waals surface area contributed by atoms with Crippen molar-refractivity contribution in [3.8, 4) is 5.69 Å². The molecule has 3 rings (SSSR count). The van der Waals surface area contributed by atoms with E-state index in [4.69, 9.17) is 46.4 Å². The van der Waals surface area contributed by atoms with E-state index in [-0.39, 0.29) is 0 Å². The average molecular weight is 361 g/mol. The van der Waals surface area contributed by atoms with Crippen molar-refractivity contribution in [2.24, 2.45) is 0 Å². The van der Waals surface area contributed by atoms with Gasteiger partial charge in [0, 0.05) is 18.5 Å². The van der Waals surface area contributed by atoms with E-state index < -0.39 is 0 Å². The van der Waals surface area contributed by atoms with E-state index >= 15 is 0 Å². The van der Waals surface area contributed by atoms with E-state index in [0.717, 1.165) is 11.3 Å². The van der Waals surface area contributed by atoms with Crippen LogP contribution in [0.25, 0.3) is 16.9 Å². The summed E-state index contributed by atoms with van der Waals surface area (Å²) >= 11 is 24.3. The van der Waals surface area contributed by atoms with E-state index in [2.05, 4.69) is 9.97 Å². The molecular formula is C14H9Cl4N3. The Morgan fingerprint density at radius 2 is 1.81 bits per heavy atom. The van der Waals surface area contributed by atoms with Gasteiger partial charge in [0.1, 0.15) is 11.3 Å². The summed E-state index contributed by atoms with van der Waals surface area (Å²) in [5.74, 6) is 1.22. The van der Waals surface area contributed by atoms with Crippen LogP contribution in [-0.4, -0.2) is 20.4 Å². The quantitative estimate of drug-likeness (QED) is 0.477. The van der Waals surface area contributed by atoms with E-state index in [0.29, 0.717) is 38.7 Å². The number of hydrogen-bond donors (Lipinski definition) is 0. The molecule has 2 aromatic heterocycles. The SMILES string of the molecule is ClCCc1nc2cccnc2n1-c1cc(Cl)c(Cl)cc1Cl.